The summed E-state index contributed by atoms with van der Waals surface area (Å²) in [7, 11) is 3.58. The number of hydrogen-bond donors (Lipinski definition) is 1. The molecule has 1 aliphatic heterocycles. The van der Waals surface area contributed by atoms with Gasteiger partial charge in [0, 0.05) is 31.5 Å². The Kier molecular flexibility index (Phi) is 4.48. The van der Waals surface area contributed by atoms with E-state index in [9.17, 15) is 9.59 Å². The fraction of sp³-hybridized carbons (Fsp3) is 0.211. The zero-order valence-corrected chi connectivity index (χ0v) is 15.5. The third-order valence-electron chi connectivity index (χ3n) is 4.51. The standard InChI is InChI=1S/C19H19N7O2/c1-24-12-25(2)19(28)17-18(24)22-11-26(17)9-16(27)23-14-5-3-13(4-6-14)15-7-8-20-10-21-15/h3-8,10-11H,9,12H2,1-2H3,(H,23,27). The fourth-order valence-electron chi connectivity index (χ4n) is 3.16. The van der Waals surface area contributed by atoms with E-state index in [0.717, 1.165) is 11.3 Å². The molecule has 2 amide bonds. The average Bonchev–Trinajstić information content (AvgIpc) is 3.11. The van der Waals surface area contributed by atoms with E-state index < -0.39 is 0 Å². The number of aromatic nitrogens is 4. The minimum Gasteiger partial charge on any atom is -0.340 e. The molecule has 0 atom stereocenters. The van der Waals surface area contributed by atoms with Gasteiger partial charge >= 0.3 is 0 Å². The summed E-state index contributed by atoms with van der Waals surface area (Å²) in [6.07, 6.45) is 4.70. The first-order valence-electron chi connectivity index (χ1n) is 8.71. The summed E-state index contributed by atoms with van der Waals surface area (Å²) in [5, 5.41) is 2.84. The number of fused-ring (bicyclic) bond motifs is 1. The van der Waals surface area contributed by atoms with Crippen molar-refractivity contribution in [2.75, 3.05) is 31.0 Å². The molecule has 3 heterocycles. The highest BCUT2D eigenvalue weighted by molar-refractivity contribution is 6.00. The maximum Gasteiger partial charge on any atom is 0.275 e. The van der Waals surface area contributed by atoms with E-state index in [1.807, 2.05) is 42.3 Å². The van der Waals surface area contributed by atoms with E-state index in [0.29, 0.717) is 23.9 Å². The van der Waals surface area contributed by atoms with Crippen molar-refractivity contribution in [2.45, 2.75) is 6.54 Å². The first kappa shape index (κ1) is 17.7. The van der Waals surface area contributed by atoms with Crippen molar-refractivity contribution in [3.63, 3.8) is 0 Å². The maximum atomic E-state index is 12.5. The van der Waals surface area contributed by atoms with Crippen LogP contribution in [0.4, 0.5) is 11.5 Å². The van der Waals surface area contributed by atoms with Crippen LogP contribution in [0.15, 0.2) is 49.2 Å². The summed E-state index contributed by atoms with van der Waals surface area (Å²) >= 11 is 0. The Morgan fingerprint density at radius 3 is 2.61 bits per heavy atom. The Morgan fingerprint density at radius 1 is 1.11 bits per heavy atom. The minimum atomic E-state index is -0.237. The second-order valence-corrected chi connectivity index (χ2v) is 6.61. The lowest BCUT2D eigenvalue weighted by Gasteiger charge is -2.30. The molecule has 9 nitrogen and oxygen atoms in total. The number of imidazole rings is 1. The monoisotopic (exact) mass is 377 g/mol. The van der Waals surface area contributed by atoms with Crippen LogP contribution in [0.3, 0.4) is 0 Å². The number of nitrogens with one attached hydrogen (secondary N) is 1. The zero-order valence-electron chi connectivity index (χ0n) is 15.5. The van der Waals surface area contributed by atoms with Gasteiger partial charge in [-0.3, -0.25) is 9.59 Å². The van der Waals surface area contributed by atoms with E-state index in [1.165, 1.54) is 12.7 Å². The molecular formula is C19H19N7O2. The number of carbonyl (C=O) groups is 2. The van der Waals surface area contributed by atoms with Gasteiger partial charge in [-0.25, -0.2) is 15.0 Å². The van der Waals surface area contributed by atoms with Gasteiger partial charge in [-0.1, -0.05) is 12.1 Å². The first-order valence-corrected chi connectivity index (χ1v) is 8.71. The van der Waals surface area contributed by atoms with Gasteiger partial charge in [0.15, 0.2) is 11.5 Å². The van der Waals surface area contributed by atoms with Crippen LogP contribution in [0, 0.1) is 0 Å². The zero-order chi connectivity index (χ0) is 19.7. The quantitative estimate of drug-likeness (QED) is 0.739. The third-order valence-corrected chi connectivity index (χ3v) is 4.51. The Balaban J connectivity index is 1.47. The second-order valence-electron chi connectivity index (χ2n) is 6.61. The average molecular weight is 377 g/mol. The molecule has 0 bridgehead atoms. The first-order chi connectivity index (χ1) is 13.5. The molecule has 1 N–H and O–H groups in total. The third kappa shape index (κ3) is 3.29. The summed E-state index contributed by atoms with van der Waals surface area (Å²) in [6.45, 7) is 0.469. The lowest BCUT2D eigenvalue weighted by Crippen LogP contribution is -2.43. The smallest absolute Gasteiger partial charge is 0.275 e. The van der Waals surface area contributed by atoms with Crippen molar-refractivity contribution in [3.05, 3.63) is 54.9 Å². The molecule has 3 aromatic rings. The van der Waals surface area contributed by atoms with Gasteiger partial charge in [0.1, 0.15) is 12.9 Å². The number of nitrogens with zero attached hydrogens (tertiary/aromatic N) is 6. The number of benzene rings is 1. The normalized spacial score (nSPS) is 13.4. The number of amides is 2. The van der Waals surface area contributed by atoms with Gasteiger partial charge in [-0.2, -0.15) is 0 Å². The van der Waals surface area contributed by atoms with Crippen LogP contribution >= 0.6 is 0 Å². The highest BCUT2D eigenvalue weighted by Gasteiger charge is 2.30. The van der Waals surface area contributed by atoms with Gasteiger partial charge in [-0.15, -0.1) is 0 Å². The van der Waals surface area contributed by atoms with Crippen LogP contribution in [0.5, 0.6) is 0 Å². The summed E-state index contributed by atoms with van der Waals surface area (Å²) in [5.41, 5.74) is 2.83. The summed E-state index contributed by atoms with van der Waals surface area (Å²) < 4.78 is 1.58. The summed E-state index contributed by atoms with van der Waals surface area (Å²) in [4.78, 5) is 40.8. The molecule has 1 aliphatic rings. The Labute approximate surface area is 161 Å². The molecule has 0 saturated heterocycles. The van der Waals surface area contributed by atoms with Crippen molar-refractivity contribution in [2.24, 2.45) is 0 Å². The Bertz CT molecular complexity index is 1010. The molecule has 2 aromatic heterocycles. The van der Waals surface area contributed by atoms with Gasteiger partial charge in [0.05, 0.1) is 18.7 Å². The van der Waals surface area contributed by atoms with E-state index in [4.69, 9.17) is 0 Å². The van der Waals surface area contributed by atoms with Crippen LogP contribution in [0.25, 0.3) is 11.3 Å². The molecule has 9 heteroatoms. The van der Waals surface area contributed by atoms with E-state index in [-0.39, 0.29) is 18.4 Å². The van der Waals surface area contributed by atoms with Crippen LogP contribution < -0.4 is 10.2 Å². The summed E-state index contributed by atoms with van der Waals surface area (Å²) in [5.74, 6) is 0.205. The molecule has 142 valence electrons. The van der Waals surface area contributed by atoms with Crippen molar-refractivity contribution in [1.29, 1.82) is 0 Å². The lowest BCUT2D eigenvalue weighted by atomic mass is 10.1. The lowest BCUT2D eigenvalue weighted by molar-refractivity contribution is -0.116. The minimum absolute atomic E-state index is 0.00339. The molecule has 0 saturated carbocycles. The Morgan fingerprint density at radius 2 is 1.89 bits per heavy atom. The van der Waals surface area contributed by atoms with Gasteiger partial charge in [0.25, 0.3) is 5.91 Å². The van der Waals surface area contributed by atoms with Crippen molar-refractivity contribution in [3.8, 4) is 11.3 Å². The molecule has 28 heavy (non-hydrogen) atoms. The van der Waals surface area contributed by atoms with E-state index in [1.54, 1.807) is 22.7 Å². The number of hydrogen-bond acceptors (Lipinski definition) is 6. The van der Waals surface area contributed by atoms with Crippen molar-refractivity contribution < 1.29 is 9.59 Å². The van der Waals surface area contributed by atoms with Gasteiger partial charge in [0.2, 0.25) is 5.91 Å². The second kappa shape index (κ2) is 7.10. The Hall–Kier alpha value is -3.75. The molecule has 0 radical (unpaired) electrons. The molecular weight excluding hydrogens is 358 g/mol. The molecule has 0 spiro atoms. The highest BCUT2D eigenvalue weighted by Crippen LogP contribution is 2.24. The SMILES string of the molecule is CN1CN(C)c2ncn(CC(=O)Nc3ccc(-c4ccncn4)cc3)c2C1=O. The van der Waals surface area contributed by atoms with Gasteiger partial charge in [-0.05, 0) is 18.2 Å². The topological polar surface area (TPSA) is 96.2 Å². The fourth-order valence-corrected chi connectivity index (χ4v) is 3.16. The van der Waals surface area contributed by atoms with Crippen LogP contribution in [0.1, 0.15) is 10.5 Å². The van der Waals surface area contributed by atoms with Crippen LogP contribution in [0.2, 0.25) is 0 Å². The van der Waals surface area contributed by atoms with E-state index >= 15 is 0 Å². The predicted molar refractivity (Wildman–Crippen MR) is 104 cm³/mol. The van der Waals surface area contributed by atoms with Crippen molar-refractivity contribution in [1.82, 2.24) is 24.4 Å². The van der Waals surface area contributed by atoms with Gasteiger partial charge < -0.3 is 19.7 Å². The molecule has 0 unspecified atom stereocenters. The molecule has 0 fully saturated rings. The largest absolute Gasteiger partial charge is 0.340 e. The molecule has 1 aromatic carbocycles. The van der Waals surface area contributed by atoms with E-state index in [2.05, 4.69) is 20.3 Å². The number of carbonyl (C=O) groups excluding carboxylic acids is 2. The predicted octanol–water partition coefficient (Wildman–Crippen LogP) is 1.46. The van der Waals surface area contributed by atoms with Crippen LogP contribution in [-0.2, 0) is 11.3 Å². The van der Waals surface area contributed by atoms with Crippen LogP contribution in [-0.4, -0.2) is 57.0 Å². The number of anilines is 2. The molecule has 4 rings (SSSR count). The maximum absolute atomic E-state index is 12.5. The van der Waals surface area contributed by atoms with Crippen molar-refractivity contribution >= 4 is 23.3 Å². The number of rotatable bonds is 4. The molecule has 0 aliphatic carbocycles. The summed E-state index contributed by atoms with van der Waals surface area (Å²) in [6, 6.07) is 9.20. The highest BCUT2D eigenvalue weighted by atomic mass is 16.2.